The average molecular weight is 356 g/mol. The van der Waals surface area contributed by atoms with Gasteiger partial charge in [0.15, 0.2) is 9.84 Å². The standard InChI is InChI=1S/C12H16BrClO3S/c1-12(2,18(4,15)16)11(14)8-5-6-10(17-3)9(13)7-8/h5-7,11H,1-4H3. The summed E-state index contributed by atoms with van der Waals surface area (Å²) in [5, 5.41) is -0.630. The molecule has 1 aromatic carbocycles. The number of rotatable bonds is 4. The summed E-state index contributed by atoms with van der Waals surface area (Å²) in [5.74, 6) is 0.680. The molecule has 0 radical (unpaired) electrons. The molecule has 0 fully saturated rings. The van der Waals surface area contributed by atoms with Crippen LogP contribution in [0.4, 0.5) is 0 Å². The van der Waals surface area contributed by atoms with E-state index < -0.39 is 20.0 Å². The molecule has 0 saturated heterocycles. The predicted molar refractivity (Wildman–Crippen MR) is 78.2 cm³/mol. The van der Waals surface area contributed by atoms with Gasteiger partial charge in [-0.25, -0.2) is 8.42 Å². The quantitative estimate of drug-likeness (QED) is 0.776. The number of hydrogen-bond acceptors (Lipinski definition) is 3. The fraction of sp³-hybridized carbons (Fsp3) is 0.500. The minimum Gasteiger partial charge on any atom is -0.496 e. The summed E-state index contributed by atoms with van der Waals surface area (Å²) in [4.78, 5) is 0. The lowest BCUT2D eigenvalue weighted by molar-refractivity contribution is 0.412. The van der Waals surface area contributed by atoms with E-state index in [0.717, 1.165) is 10.0 Å². The van der Waals surface area contributed by atoms with E-state index in [0.29, 0.717) is 5.75 Å². The van der Waals surface area contributed by atoms with Gasteiger partial charge < -0.3 is 4.74 Å². The van der Waals surface area contributed by atoms with Crippen molar-refractivity contribution in [2.45, 2.75) is 24.0 Å². The number of alkyl halides is 1. The van der Waals surface area contributed by atoms with Crippen LogP contribution in [0, 0.1) is 0 Å². The summed E-state index contributed by atoms with van der Waals surface area (Å²) in [7, 11) is -1.69. The van der Waals surface area contributed by atoms with Crippen molar-refractivity contribution in [3.05, 3.63) is 28.2 Å². The molecule has 0 heterocycles. The van der Waals surface area contributed by atoms with Crippen molar-refractivity contribution in [3.63, 3.8) is 0 Å². The molecule has 6 heteroatoms. The first kappa shape index (κ1) is 15.8. The predicted octanol–water partition coefficient (Wildman–Crippen LogP) is 3.56. The van der Waals surface area contributed by atoms with E-state index in [2.05, 4.69) is 15.9 Å². The minimum absolute atomic E-state index is 0.630. The molecule has 1 aromatic rings. The molecule has 0 aliphatic rings. The molecule has 0 spiro atoms. The van der Waals surface area contributed by atoms with Crippen LogP contribution in [0.25, 0.3) is 0 Å². The first-order chi connectivity index (χ1) is 8.11. The fourth-order valence-electron chi connectivity index (χ4n) is 1.43. The van der Waals surface area contributed by atoms with Crippen LogP contribution < -0.4 is 4.74 Å². The molecule has 0 amide bonds. The summed E-state index contributed by atoms with van der Waals surface area (Å²) in [5.41, 5.74) is 0.736. The Hall–Kier alpha value is -0.260. The lowest BCUT2D eigenvalue weighted by Gasteiger charge is -2.28. The topological polar surface area (TPSA) is 43.4 Å². The van der Waals surface area contributed by atoms with Gasteiger partial charge in [-0.15, -0.1) is 11.6 Å². The zero-order valence-electron chi connectivity index (χ0n) is 10.7. The van der Waals surface area contributed by atoms with Crippen molar-refractivity contribution in [1.82, 2.24) is 0 Å². The highest BCUT2D eigenvalue weighted by Gasteiger charge is 2.39. The maximum Gasteiger partial charge on any atom is 0.154 e. The largest absolute Gasteiger partial charge is 0.496 e. The Morgan fingerprint density at radius 3 is 2.33 bits per heavy atom. The zero-order chi connectivity index (χ0) is 14.1. The summed E-state index contributed by atoms with van der Waals surface area (Å²) in [6.45, 7) is 3.25. The third kappa shape index (κ3) is 3.00. The van der Waals surface area contributed by atoms with Crippen molar-refractivity contribution in [1.29, 1.82) is 0 Å². The molecular formula is C12H16BrClO3S. The Bertz CT molecular complexity index is 540. The highest BCUT2D eigenvalue weighted by Crippen LogP contribution is 2.39. The SMILES string of the molecule is COc1ccc(C(Cl)C(C)(C)S(C)(=O)=O)cc1Br. The number of hydrogen-bond donors (Lipinski definition) is 0. The molecule has 0 aliphatic carbocycles. The van der Waals surface area contributed by atoms with Gasteiger partial charge in [-0.05, 0) is 47.5 Å². The van der Waals surface area contributed by atoms with Crippen LogP contribution in [0.1, 0.15) is 24.8 Å². The molecular weight excluding hydrogens is 340 g/mol. The summed E-state index contributed by atoms with van der Waals surface area (Å²) in [6, 6.07) is 5.31. The minimum atomic E-state index is -3.26. The van der Waals surface area contributed by atoms with Crippen molar-refractivity contribution >= 4 is 37.4 Å². The second kappa shape index (κ2) is 5.39. The third-order valence-electron chi connectivity index (χ3n) is 3.03. The van der Waals surface area contributed by atoms with E-state index in [1.807, 2.05) is 0 Å². The molecule has 0 aliphatic heterocycles. The van der Waals surface area contributed by atoms with Crippen LogP contribution in [-0.4, -0.2) is 26.5 Å². The van der Waals surface area contributed by atoms with E-state index >= 15 is 0 Å². The molecule has 0 N–H and O–H groups in total. The maximum atomic E-state index is 11.8. The van der Waals surface area contributed by atoms with E-state index in [9.17, 15) is 8.42 Å². The van der Waals surface area contributed by atoms with Gasteiger partial charge in [0.05, 0.1) is 21.7 Å². The first-order valence-electron chi connectivity index (χ1n) is 5.28. The maximum absolute atomic E-state index is 11.8. The van der Waals surface area contributed by atoms with E-state index in [1.165, 1.54) is 6.26 Å². The van der Waals surface area contributed by atoms with E-state index in [-0.39, 0.29) is 0 Å². The molecule has 0 bridgehead atoms. The molecule has 1 rings (SSSR count). The van der Waals surface area contributed by atoms with Crippen LogP contribution in [0.5, 0.6) is 5.75 Å². The second-order valence-electron chi connectivity index (χ2n) is 4.63. The Balaban J connectivity index is 3.20. The number of methoxy groups -OCH3 is 1. The van der Waals surface area contributed by atoms with Crippen molar-refractivity contribution in [3.8, 4) is 5.75 Å². The summed E-state index contributed by atoms with van der Waals surface area (Å²) < 4.78 is 28.3. The van der Waals surface area contributed by atoms with Gasteiger partial charge >= 0.3 is 0 Å². The van der Waals surface area contributed by atoms with Gasteiger partial charge in [0, 0.05) is 6.26 Å². The van der Waals surface area contributed by atoms with Crippen LogP contribution >= 0.6 is 27.5 Å². The molecule has 102 valence electrons. The zero-order valence-corrected chi connectivity index (χ0v) is 13.9. The lowest BCUT2D eigenvalue weighted by Crippen LogP contribution is -2.35. The van der Waals surface area contributed by atoms with Gasteiger partial charge in [-0.1, -0.05) is 6.07 Å². The van der Waals surface area contributed by atoms with Crippen LogP contribution in [0.15, 0.2) is 22.7 Å². The van der Waals surface area contributed by atoms with Crippen molar-refractivity contribution in [2.24, 2.45) is 0 Å². The van der Waals surface area contributed by atoms with Crippen molar-refractivity contribution in [2.75, 3.05) is 13.4 Å². The second-order valence-corrected chi connectivity index (χ2v) is 8.52. The molecule has 0 aromatic heterocycles. The molecule has 0 saturated carbocycles. The molecule has 1 atom stereocenters. The highest BCUT2D eigenvalue weighted by atomic mass is 79.9. The average Bonchev–Trinajstić information content (AvgIpc) is 2.26. The van der Waals surface area contributed by atoms with Gasteiger partial charge in [0.2, 0.25) is 0 Å². The third-order valence-corrected chi connectivity index (χ3v) is 6.73. The van der Waals surface area contributed by atoms with Gasteiger partial charge in [-0.2, -0.15) is 0 Å². The molecule has 1 unspecified atom stereocenters. The monoisotopic (exact) mass is 354 g/mol. The number of ether oxygens (including phenoxy) is 1. The van der Waals surface area contributed by atoms with Crippen LogP contribution in [0.3, 0.4) is 0 Å². The number of halogens is 2. The van der Waals surface area contributed by atoms with Crippen LogP contribution in [0.2, 0.25) is 0 Å². The van der Waals surface area contributed by atoms with Gasteiger partial charge in [0.25, 0.3) is 0 Å². The number of benzene rings is 1. The smallest absolute Gasteiger partial charge is 0.154 e. The van der Waals surface area contributed by atoms with E-state index in [1.54, 1.807) is 39.2 Å². The Kier molecular flexibility index (Phi) is 4.73. The van der Waals surface area contributed by atoms with E-state index in [4.69, 9.17) is 16.3 Å². The summed E-state index contributed by atoms with van der Waals surface area (Å²) >= 11 is 9.67. The fourth-order valence-corrected chi connectivity index (χ4v) is 3.12. The molecule has 3 nitrogen and oxygen atoms in total. The van der Waals surface area contributed by atoms with Gasteiger partial charge in [-0.3, -0.25) is 0 Å². The Morgan fingerprint density at radius 1 is 1.39 bits per heavy atom. The van der Waals surface area contributed by atoms with Crippen LogP contribution in [-0.2, 0) is 9.84 Å². The van der Waals surface area contributed by atoms with Gasteiger partial charge in [0.1, 0.15) is 5.75 Å². The molecule has 18 heavy (non-hydrogen) atoms. The Labute approximate surface area is 122 Å². The highest BCUT2D eigenvalue weighted by molar-refractivity contribution is 9.10. The first-order valence-corrected chi connectivity index (χ1v) is 8.40. The number of sulfone groups is 1. The summed E-state index contributed by atoms with van der Waals surface area (Å²) in [6.07, 6.45) is 1.20. The lowest BCUT2D eigenvalue weighted by atomic mass is 10.0. The normalized spacial score (nSPS) is 14.3. The van der Waals surface area contributed by atoms with Crippen molar-refractivity contribution < 1.29 is 13.2 Å². The Morgan fingerprint density at radius 2 is 1.94 bits per heavy atom.